The van der Waals surface area contributed by atoms with Crippen LogP contribution in [0.5, 0.6) is 5.75 Å². The lowest BCUT2D eigenvalue weighted by Crippen LogP contribution is -2.48. The van der Waals surface area contributed by atoms with Crippen LogP contribution < -0.4 is 10.1 Å². The highest BCUT2D eigenvalue weighted by molar-refractivity contribution is 5.91. The van der Waals surface area contributed by atoms with E-state index in [0.717, 1.165) is 53.0 Å². The van der Waals surface area contributed by atoms with Crippen LogP contribution in [0.3, 0.4) is 0 Å². The largest absolute Gasteiger partial charge is 0.487 e. The zero-order chi connectivity index (χ0) is 20.0. The molecule has 1 aliphatic heterocycles. The molecule has 2 aromatic carbocycles. The predicted molar refractivity (Wildman–Crippen MR) is 117 cm³/mol. The van der Waals surface area contributed by atoms with E-state index in [0.29, 0.717) is 0 Å². The molecule has 0 amide bonds. The van der Waals surface area contributed by atoms with Gasteiger partial charge in [0.25, 0.3) is 0 Å². The topological polar surface area (TPSA) is 59.9 Å². The summed E-state index contributed by atoms with van der Waals surface area (Å²) in [6, 6.07) is 20.7. The van der Waals surface area contributed by atoms with E-state index in [1.807, 2.05) is 30.5 Å². The lowest BCUT2D eigenvalue weighted by Gasteiger charge is -2.48. The molecule has 1 fully saturated rings. The Balaban J connectivity index is 1.37. The highest BCUT2D eigenvalue weighted by Gasteiger charge is 2.45. The van der Waals surface area contributed by atoms with Gasteiger partial charge in [0, 0.05) is 29.1 Å². The smallest absolute Gasteiger partial charge is 0.137 e. The van der Waals surface area contributed by atoms with Crippen LogP contribution in [0.25, 0.3) is 22.2 Å². The van der Waals surface area contributed by atoms with Crippen molar-refractivity contribution in [2.24, 2.45) is 0 Å². The second kappa shape index (κ2) is 6.80. The second-order valence-corrected chi connectivity index (χ2v) is 8.25. The van der Waals surface area contributed by atoms with Gasteiger partial charge >= 0.3 is 0 Å². The van der Waals surface area contributed by atoms with Crippen LogP contribution in [0, 0.1) is 0 Å². The normalized spacial score (nSPS) is 19.0. The summed E-state index contributed by atoms with van der Waals surface area (Å²) in [5, 5.41) is 4.73. The minimum Gasteiger partial charge on any atom is -0.487 e. The first-order chi connectivity index (χ1) is 14.8. The number of aromatic nitrogens is 3. The minimum absolute atomic E-state index is 0.0268. The Morgan fingerprint density at radius 1 is 0.933 bits per heavy atom. The number of pyridine rings is 1. The van der Waals surface area contributed by atoms with Gasteiger partial charge in [-0.15, -0.1) is 0 Å². The Labute approximate surface area is 175 Å². The molecule has 2 aromatic heterocycles. The first-order valence-corrected chi connectivity index (χ1v) is 10.5. The average molecular weight is 394 g/mol. The fourth-order valence-electron chi connectivity index (χ4n) is 4.65. The molecule has 4 aromatic rings. The maximum atomic E-state index is 6.40. The van der Waals surface area contributed by atoms with Crippen molar-refractivity contribution in [2.45, 2.75) is 37.3 Å². The first kappa shape index (κ1) is 17.4. The summed E-state index contributed by atoms with van der Waals surface area (Å²) in [7, 11) is 0. The molecule has 5 nitrogen and oxygen atoms in total. The molecular weight excluding hydrogens is 372 g/mol. The number of fused-ring (bicyclic) bond motifs is 2. The molecule has 1 spiro atoms. The van der Waals surface area contributed by atoms with Crippen LogP contribution >= 0.6 is 0 Å². The molecule has 2 aliphatic rings. The zero-order valence-corrected chi connectivity index (χ0v) is 16.6. The number of anilines is 1. The van der Waals surface area contributed by atoms with E-state index in [2.05, 4.69) is 56.7 Å². The van der Waals surface area contributed by atoms with Crippen LogP contribution in [-0.4, -0.2) is 20.6 Å². The van der Waals surface area contributed by atoms with E-state index in [9.17, 15) is 0 Å². The summed E-state index contributed by atoms with van der Waals surface area (Å²) in [4.78, 5) is 13.6. The van der Waals surface area contributed by atoms with Crippen LogP contribution in [0.2, 0.25) is 0 Å². The fraction of sp³-hybridized carbons (Fsp3) is 0.240. The van der Waals surface area contributed by atoms with Gasteiger partial charge in [-0.1, -0.05) is 30.3 Å². The molecule has 30 heavy (non-hydrogen) atoms. The van der Waals surface area contributed by atoms with Crippen LogP contribution in [0.15, 0.2) is 73.2 Å². The van der Waals surface area contributed by atoms with E-state index in [-0.39, 0.29) is 11.6 Å². The summed E-state index contributed by atoms with van der Waals surface area (Å²) >= 11 is 0. The molecule has 0 radical (unpaired) electrons. The molecule has 0 saturated heterocycles. The molecule has 0 bridgehead atoms. The van der Waals surface area contributed by atoms with Crippen molar-refractivity contribution in [2.75, 3.05) is 5.32 Å². The third-order valence-electron chi connectivity index (χ3n) is 6.37. The molecular formula is C25H22N4O. The second-order valence-electron chi connectivity index (χ2n) is 8.25. The summed E-state index contributed by atoms with van der Waals surface area (Å²) in [6.07, 6.45) is 7.89. The van der Waals surface area contributed by atoms with E-state index in [1.165, 1.54) is 12.0 Å². The Kier molecular flexibility index (Phi) is 3.94. The van der Waals surface area contributed by atoms with Crippen LogP contribution in [0.1, 0.15) is 37.3 Å². The van der Waals surface area contributed by atoms with Gasteiger partial charge in [0.1, 0.15) is 23.5 Å². The molecule has 1 N–H and O–H groups in total. The molecule has 1 unspecified atom stereocenters. The van der Waals surface area contributed by atoms with Crippen molar-refractivity contribution >= 4 is 16.7 Å². The number of benzene rings is 2. The van der Waals surface area contributed by atoms with Crippen molar-refractivity contribution < 1.29 is 4.74 Å². The van der Waals surface area contributed by atoms with Gasteiger partial charge in [0.2, 0.25) is 0 Å². The summed E-state index contributed by atoms with van der Waals surface area (Å²) < 4.78 is 6.40. The molecule has 1 aliphatic carbocycles. The minimum atomic E-state index is -0.0268. The van der Waals surface area contributed by atoms with Crippen molar-refractivity contribution in [3.05, 3.63) is 78.8 Å². The van der Waals surface area contributed by atoms with Gasteiger partial charge in [-0.3, -0.25) is 4.98 Å². The molecule has 3 heterocycles. The van der Waals surface area contributed by atoms with Crippen LogP contribution in [0.4, 0.5) is 5.82 Å². The number of nitrogens with zero attached hydrogens (tertiary/aromatic N) is 3. The Morgan fingerprint density at radius 2 is 1.83 bits per heavy atom. The van der Waals surface area contributed by atoms with E-state index in [4.69, 9.17) is 4.74 Å². The SMILES string of the molecule is c1ccc(-c2ccc3c(NC4CC5(CCC5)Oc5ccccc54)ncnc3c2)nc1. The number of nitrogens with one attached hydrogen (secondary N) is 1. The molecule has 5 heteroatoms. The van der Waals surface area contributed by atoms with Crippen molar-refractivity contribution in [1.29, 1.82) is 0 Å². The lowest BCUT2D eigenvalue weighted by molar-refractivity contribution is -0.0309. The third-order valence-corrected chi connectivity index (χ3v) is 6.37. The third kappa shape index (κ3) is 2.89. The number of ether oxygens (including phenoxy) is 1. The van der Waals surface area contributed by atoms with Crippen molar-refractivity contribution in [3.63, 3.8) is 0 Å². The van der Waals surface area contributed by atoms with Gasteiger partial charge in [-0.05, 0) is 49.6 Å². The van der Waals surface area contributed by atoms with Gasteiger partial charge in [0.05, 0.1) is 17.3 Å². The van der Waals surface area contributed by atoms with E-state index >= 15 is 0 Å². The maximum absolute atomic E-state index is 6.40. The molecule has 6 rings (SSSR count). The highest BCUT2D eigenvalue weighted by Crippen LogP contribution is 2.49. The van der Waals surface area contributed by atoms with Gasteiger partial charge < -0.3 is 10.1 Å². The summed E-state index contributed by atoms with van der Waals surface area (Å²) in [5.41, 5.74) is 4.08. The van der Waals surface area contributed by atoms with Crippen molar-refractivity contribution in [1.82, 2.24) is 15.0 Å². The van der Waals surface area contributed by atoms with E-state index < -0.39 is 0 Å². The zero-order valence-electron chi connectivity index (χ0n) is 16.6. The number of para-hydroxylation sites is 1. The van der Waals surface area contributed by atoms with Gasteiger partial charge in [0.15, 0.2) is 0 Å². The number of rotatable bonds is 3. The van der Waals surface area contributed by atoms with Crippen LogP contribution in [-0.2, 0) is 0 Å². The Bertz CT molecular complexity index is 1220. The predicted octanol–water partition coefficient (Wildman–Crippen LogP) is 5.55. The fourth-order valence-corrected chi connectivity index (χ4v) is 4.65. The molecule has 148 valence electrons. The standard InChI is InChI=1S/C25H22N4O/c1-2-8-23-18(6-1)22(15-25(30-23)11-5-12-25)29-24-19-10-9-17(14-21(19)27-16-28-24)20-7-3-4-13-26-20/h1-4,6-10,13-14,16,22H,5,11-12,15H2,(H,27,28,29). The summed E-state index contributed by atoms with van der Waals surface area (Å²) in [6.45, 7) is 0. The summed E-state index contributed by atoms with van der Waals surface area (Å²) in [5.74, 6) is 1.86. The number of hydrogen-bond acceptors (Lipinski definition) is 5. The lowest BCUT2D eigenvalue weighted by atomic mass is 9.73. The molecule has 1 saturated carbocycles. The number of hydrogen-bond donors (Lipinski definition) is 1. The van der Waals surface area contributed by atoms with E-state index in [1.54, 1.807) is 6.33 Å². The first-order valence-electron chi connectivity index (χ1n) is 10.5. The Morgan fingerprint density at radius 3 is 2.67 bits per heavy atom. The van der Waals surface area contributed by atoms with Gasteiger partial charge in [-0.25, -0.2) is 9.97 Å². The Hall–Kier alpha value is -3.47. The average Bonchev–Trinajstić information content (AvgIpc) is 2.78. The maximum Gasteiger partial charge on any atom is 0.137 e. The quantitative estimate of drug-likeness (QED) is 0.494. The van der Waals surface area contributed by atoms with Crippen molar-refractivity contribution in [3.8, 4) is 17.0 Å². The highest BCUT2D eigenvalue weighted by atomic mass is 16.5. The monoisotopic (exact) mass is 394 g/mol. The van der Waals surface area contributed by atoms with Gasteiger partial charge in [-0.2, -0.15) is 0 Å². The molecule has 1 atom stereocenters.